The fourth-order valence-electron chi connectivity index (χ4n) is 4.15. The molecule has 0 saturated carbocycles. The van der Waals surface area contributed by atoms with E-state index in [2.05, 4.69) is 47.7 Å². The molecule has 1 aliphatic rings. The summed E-state index contributed by atoms with van der Waals surface area (Å²) in [5.74, 6) is 0.890. The zero-order chi connectivity index (χ0) is 25.9. The number of para-hydroxylation sites is 1. The van der Waals surface area contributed by atoms with Crippen LogP contribution in [-0.4, -0.2) is 72.2 Å². The van der Waals surface area contributed by atoms with Crippen LogP contribution >= 0.6 is 0 Å². The molecule has 0 bridgehead atoms. The van der Waals surface area contributed by atoms with Gasteiger partial charge in [-0.2, -0.15) is 5.10 Å². The van der Waals surface area contributed by atoms with Crippen molar-refractivity contribution >= 4 is 30.9 Å². The predicted octanol–water partition coefficient (Wildman–Crippen LogP) is 5.47. The minimum absolute atomic E-state index is 0.257. The number of nitrogens with zero attached hydrogens (tertiary/aromatic N) is 5. The van der Waals surface area contributed by atoms with Gasteiger partial charge in [-0.15, -0.1) is 0 Å². The van der Waals surface area contributed by atoms with Crippen molar-refractivity contribution in [2.24, 2.45) is 0 Å². The number of pyridine rings is 1. The first-order valence-electron chi connectivity index (χ1n) is 12.7. The smallest absolute Gasteiger partial charge is 0.410 e. The minimum Gasteiger partial charge on any atom is -0.444 e. The Hall–Kier alpha value is -2.91. The summed E-state index contributed by atoms with van der Waals surface area (Å²) in [6, 6.07) is 13.5. The van der Waals surface area contributed by atoms with E-state index in [9.17, 15) is 4.79 Å². The molecule has 4 rings (SSSR count). The molecular weight excluding hydrogens is 470 g/mol. The lowest BCUT2D eigenvalue weighted by molar-refractivity contribution is 0.0240. The average Bonchev–Trinajstić information content (AvgIpc) is 3.19. The summed E-state index contributed by atoms with van der Waals surface area (Å²) >= 11 is 0. The second-order valence-electron chi connectivity index (χ2n) is 11.6. The van der Waals surface area contributed by atoms with Crippen LogP contribution in [-0.2, 0) is 16.2 Å². The summed E-state index contributed by atoms with van der Waals surface area (Å²) in [5, 5.41) is 6.03. The van der Waals surface area contributed by atoms with E-state index >= 15 is 0 Å². The molecule has 1 saturated heterocycles. The second-order valence-corrected chi connectivity index (χ2v) is 17.2. The van der Waals surface area contributed by atoms with E-state index in [0.717, 1.165) is 40.6 Å². The van der Waals surface area contributed by atoms with Gasteiger partial charge in [0.15, 0.2) is 0 Å². The van der Waals surface area contributed by atoms with E-state index in [1.165, 1.54) is 0 Å². The summed E-state index contributed by atoms with van der Waals surface area (Å²) in [6.07, 6.45) is 1.58. The predicted molar refractivity (Wildman–Crippen MR) is 147 cm³/mol. The molecule has 1 amide bonds. The molecule has 1 aliphatic heterocycles. The fourth-order valence-corrected chi connectivity index (χ4v) is 4.91. The Bertz CT molecular complexity index is 1190. The Morgan fingerprint density at radius 1 is 1.06 bits per heavy atom. The van der Waals surface area contributed by atoms with Crippen molar-refractivity contribution in [3.63, 3.8) is 0 Å². The summed E-state index contributed by atoms with van der Waals surface area (Å²) in [5.41, 5.74) is 2.52. The van der Waals surface area contributed by atoms with Crippen LogP contribution in [0.4, 0.5) is 10.6 Å². The third-order valence-electron chi connectivity index (χ3n) is 6.14. The standard InChI is InChI=1S/C27H39N5O3Si/c1-27(2,3)35-26(33)31-15-13-30(14-16-31)24-19-21(11-12-28-24)25-22-9-7-8-10-23(22)32(29-25)20-34-17-18-36(4,5)6/h7-12,19H,13-18,20H2,1-6H3. The molecule has 1 aromatic carbocycles. The Morgan fingerprint density at radius 2 is 1.78 bits per heavy atom. The summed E-state index contributed by atoms with van der Waals surface area (Å²) in [4.78, 5) is 21.0. The van der Waals surface area contributed by atoms with E-state index in [4.69, 9.17) is 14.6 Å². The van der Waals surface area contributed by atoms with Crippen LogP contribution < -0.4 is 4.90 Å². The van der Waals surface area contributed by atoms with Crippen LogP contribution in [0.1, 0.15) is 20.8 Å². The summed E-state index contributed by atoms with van der Waals surface area (Å²) in [6.45, 7) is 16.6. The van der Waals surface area contributed by atoms with E-state index in [1.807, 2.05) is 49.8 Å². The van der Waals surface area contributed by atoms with Gasteiger partial charge in [0.25, 0.3) is 0 Å². The molecule has 0 unspecified atom stereocenters. The first-order chi connectivity index (χ1) is 17.0. The number of carbonyl (C=O) groups is 1. The van der Waals surface area contributed by atoms with Gasteiger partial charge < -0.3 is 19.3 Å². The van der Waals surface area contributed by atoms with Gasteiger partial charge >= 0.3 is 6.09 Å². The molecule has 3 heterocycles. The molecule has 1 fully saturated rings. The van der Waals surface area contributed by atoms with Crippen molar-refractivity contribution in [2.75, 3.05) is 37.7 Å². The van der Waals surface area contributed by atoms with Crippen molar-refractivity contribution in [3.8, 4) is 11.3 Å². The monoisotopic (exact) mass is 509 g/mol. The number of fused-ring (bicyclic) bond motifs is 1. The molecule has 0 atom stereocenters. The van der Waals surface area contributed by atoms with E-state index in [0.29, 0.717) is 32.9 Å². The van der Waals surface area contributed by atoms with Crippen molar-refractivity contribution in [1.29, 1.82) is 0 Å². The maximum atomic E-state index is 12.4. The molecule has 8 nitrogen and oxygen atoms in total. The second kappa shape index (κ2) is 10.6. The SMILES string of the molecule is CC(C)(C)OC(=O)N1CCN(c2cc(-c3nn(COCC[Si](C)(C)C)c4ccccc34)ccn2)CC1. The van der Waals surface area contributed by atoms with E-state index < -0.39 is 13.7 Å². The average molecular weight is 510 g/mol. The Kier molecular flexibility index (Phi) is 7.70. The lowest BCUT2D eigenvalue weighted by Crippen LogP contribution is -2.50. The van der Waals surface area contributed by atoms with Crippen molar-refractivity contribution in [2.45, 2.75) is 58.8 Å². The van der Waals surface area contributed by atoms with Gasteiger partial charge in [0.2, 0.25) is 0 Å². The Labute approximate surface area is 215 Å². The van der Waals surface area contributed by atoms with Crippen LogP contribution in [0.25, 0.3) is 22.2 Å². The van der Waals surface area contributed by atoms with E-state index in [-0.39, 0.29) is 6.09 Å². The highest BCUT2D eigenvalue weighted by molar-refractivity contribution is 6.76. The first-order valence-corrected chi connectivity index (χ1v) is 16.4. The number of rotatable bonds is 7. The quantitative estimate of drug-likeness (QED) is 0.311. The van der Waals surface area contributed by atoms with Crippen LogP contribution in [0.2, 0.25) is 25.7 Å². The zero-order valence-corrected chi connectivity index (χ0v) is 23.5. The maximum Gasteiger partial charge on any atom is 0.410 e. The van der Waals surface area contributed by atoms with Gasteiger partial charge in [-0.1, -0.05) is 37.8 Å². The highest BCUT2D eigenvalue weighted by atomic mass is 28.3. The largest absolute Gasteiger partial charge is 0.444 e. The number of benzene rings is 1. The van der Waals surface area contributed by atoms with Crippen molar-refractivity contribution < 1.29 is 14.3 Å². The van der Waals surface area contributed by atoms with Gasteiger partial charge in [0, 0.05) is 58.0 Å². The molecule has 194 valence electrons. The number of amides is 1. The van der Waals surface area contributed by atoms with Crippen LogP contribution in [0, 0.1) is 0 Å². The van der Waals surface area contributed by atoms with Gasteiger partial charge in [-0.3, -0.25) is 0 Å². The molecule has 0 N–H and O–H groups in total. The number of anilines is 1. The van der Waals surface area contributed by atoms with Crippen LogP contribution in [0.15, 0.2) is 42.6 Å². The van der Waals surface area contributed by atoms with Crippen LogP contribution in [0.3, 0.4) is 0 Å². The van der Waals surface area contributed by atoms with Gasteiger partial charge in [0.1, 0.15) is 23.8 Å². The zero-order valence-electron chi connectivity index (χ0n) is 22.5. The summed E-state index contributed by atoms with van der Waals surface area (Å²) < 4.78 is 13.5. The van der Waals surface area contributed by atoms with Crippen molar-refractivity contribution in [3.05, 3.63) is 42.6 Å². The molecular formula is C27H39N5O3Si. The minimum atomic E-state index is -1.14. The lowest BCUT2D eigenvalue weighted by atomic mass is 10.1. The van der Waals surface area contributed by atoms with Crippen LogP contribution in [0.5, 0.6) is 0 Å². The van der Waals surface area contributed by atoms with Crippen molar-refractivity contribution in [1.82, 2.24) is 19.7 Å². The van der Waals surface area contributed by atoms with E-state index in [1.54, 1.807) is 4.90 Å². The molecule has 0 aliphatic carbocycles. The highest BCUT2D eigenvalue weighted by Crippen LogP contribution is 2.30. The summed E-state index contributed by atoms with van der Waals surface area (Å²) in [7, 11) is -1.14. The molecule has 9 heteroatoms. The first kappa shape index (κ1) is 26.2. The fraction of sp³-hybridized carbons (Fsp3) is 0.519. The molecule has 0 radical (unpaired) electrons. The number of hydrogen-bond acceptors (Lipinski definition) is 6. The Balaban J connectivity index is 1.48. The number of aromatic nitrogens is 3. The van der Waals surface area contributed by atoms with Gasteiger partial charge in [-0.25, -0.2) is 14.5 Å². The topological polar surface area (TPSA) is 72.7 Å². The van der Waals surface area contributed by atoms with Gasteiger partial charge in [0.05, 0.1) is 5.52 Å². The molecule has 3 aromatic rings. The maximum absolute atomic E-state index is 12.4. The Morgan fingerprint density at radius 3 is 2.47 bits per heavy atom. The third-order valence-corrected chi connectivity index (χ3v) is 7.85. The molecule has 0 spiro atoms. The number of carbonyl (C=O) groups excluding carboxylic acids is 1. The molecule has 2 aromatic heterocycles. The normalized spacial score (nSPS) is 14.9. The lowest BCUT2D eigenvalue weighted by Gasteiger charge is -2.36. The number of ether oxygens (including phenoxy) is 2. The highest BCUT2D eigenvalue weighted by Gasteiger charge is 2.26. The van der Waals surface area contributed by atoms with Gasteiger partial charge in [-0.05, 0) is 45.0 Å². The number of hydrogen-bond donors (Lipinski definition) is 0. The molecule has 36 heavy (non-hydrogen) atoms. The third kappa shape index (κ3) is 6.64. The number of piperazine rings is 1.